The molecule has 4 unspecified atom stereocenters. The van der Waals surface area contributed by atoms with E-state index in [2.05, 4.69) is 24.1 Å². The van der Waals surface area contributed by atoms with E-state index in [0.29, 0.717) is 5.91 Å². The molecule has 0 bridgehead atoms. The van der Waals surface area contributed by atoms with E-state index < -0.39 is 0 Å². The molecule has 3 fully saturated rings. The minimum absolute atomic E-state index is 0.0400. The predicted molar refractivity (Wildman–Crippen MR) is 76.8 cm³/mol. The van der Waals surface area contributed by atoms with Crippen LogP contribution in [0.15, 0.2) is 0 Å². The third kappa shape index (κ3) is 2.67. The van der Waals surface area contributed by atoms with Crippen LogP contribution in [0.5, 0.6) is 0 Å². The van der Waals surface area contributed by atoms with Gasteiger partial charge in [-0.25, -0.2) is 0 Å². The number of hydrogen-bond donors (Lipinski definition) is 1. The molecule has 2 saturated carbocycles. The minimum atomic E-state index is 0.0400. The summed E-state index contributed by atoms with van der Waals surface area (Å²) in [4.78, 5) is 14.8. The molecule has 108 valence electrons. The molecule has 1 saturated heterocycles. The number of amides is 1. The SMILES string of the molecule is CNC1CCC(C)(C)CN(CC2CCC3CC32)C1=O. The van der Waals surface area contributed by atoms with Gasteiger partial charge < -0.3 is 10.2 Å². The molecule has 2 aliphatic carbocycles. The van der Waals surface area contributed by atoms with Crippen molar-refractivity contribution in [3.05, 3.63) is 0 Å². The third-order valence-corrected chi connectivity index (χ3v) is 5.63. The van der Waals surface area contributed by atoms with Crippen molar-refractivity contribution in [3.8, 4) is 0 Å². The Labute approximate surface area is 117 Å². The second kappa shape index (κ2) is 4.76. The zero-order valence-electron chi connectivity index (χ0n) is 12.6. The summed E-state index contributed by atoms with van der Waals surface area (Å²) in [5.41, 5.74) is 0.267. The van der Waals surface area contributed by atoms with Crippen molar-refractivity contribution >= 4 is 5.91 Å². The maximum atomic E-state index is 12.6. The Morgan fingerprint density at radius 2 is 2.11 bits per heavy atom. The first-order valence-electron chi connectivity index (χ1n) is 7.96. The summed E-state index contributed by atoms with van der Waals surface area (Å²) < 4.78 is 0. The average molecular weight is 264 g/mol. The summed E-state index contributed by atoms with van der Waals surface area (Å²) >= 11 is 0. The highest BCUT2D eigenvalue weighted by molar-refractivity contribution is 5.82. The summed E-state index contributed by atoms with van der Waals surface area (Å²) in [5.74, 6) is 3.10. The number of carbonyl (C=O) groups excluding carboxylic acids is 1. The number of fused-ring (bicyclic) bond motifs is 1. The summed E-state index contributed by atoms with van der Waals surface area (Å²) in [7, 11) is 1.92. The van der Waals surface area contributed by atoms with E-state index in [1.165, 1.54) is 19.3 Å². The largest absolute Gasteiger partial charge is 0.341 e. The maximum absolute atomic E-state index is 12.6. The molecule has 1 N–H and O–H groups in total. The van der Waals surface area contributed by atoms with E-state index in [9.17, 15) is 4.79 Å². The highest BCUT2D eigenvalue weighted by Crippen LogP contribution is 2.55. The van der Waals surface area contributed by atoms with E-state index in [1.807, 2.05) is 7.05 Å². The van der Waals surface area contributed by atoms with Gasteiger partial charge in [-0.05, 0) is 62.3 Å². The fourth-order valence-corrected chi connectivity index (χ4v) is 4.31. The van der Waals surface area contributed by atoms with Crippen molar-refractivity contribution in [3.63, 3.8) is 0 Å². The first-order valence-corrected chi connectivity index (χ1v) is 7.96. The van der Waals surface area contributed by atoms with E-state index in [4.69, 9.17) is 0 Å². The van der Waals surface area contributed by atoms with Gasteiger partial charge in [-0.2, -0.15) is 0 Å². The Balaban J connectivity index is 1.70. The maximum Gasteiger partial charge on any atom is 0.239 e. The molecule has 3 aliphatic rings. The average Bonchev–Trinajstić information content (AvgIpc) is 3.05. The standard InChI is InChI=1S/C16H28N2O/c1-16(2)7-6-14(17-3)15(19)18(10-16)9-12-5-4-11-8-13(11)12/h11-14,17H,4-10H2,1-3H3. The molecule has 0 spiro atoms. The van der Waals surface area contributed by atoms with Crippen LogP contribution >= 0.6 is 0 Å². The van der Waals surface area contributed by atoms with E-state index >= 15 is 0 Å². The molecule has 1 amide bonds. The normalized spacial score (nSPS) is 41.0. The lowest BCUT2D eigenvalue weighted by Gasteiger charge is -2.32. The quantitative estimate of drug-likeness (QED) is 0.848. The van der Waals surface area contributed by atoms with Gasteiger partial charge in [0.15, 0.2) is 0 Å². The van der Waals surface area contributed by atoms with Gasteiger partial charge in [-0.15, -0.1) is 0 Å². The van der Waals surface area contributed by atoms with Crippen molar-refractivity contribution in [2.75, 3.05) is 20.1 Å². The first kappa shape index (κ1) is 13.4. The van der Waals surface area contributed by atoms with Crippen LogP contribution in [0.2, 0.25) is 0 Å². The van der Waals surface area contributed by atoms with Crippen molar-refractivity contribution in [1.29, 1.82) is 0 Å². The van der Waals surface area contributed by atoms with Crippen molar-refractivity contribution in [2.45, 2.75) is 52.0 Å². The van der Waals surface area contributed by atoms with Gasteiger partial charge >= 0.3 is 0 Å². The van der Waals surface area contributed by atoms with Crippen molar-refractivity contribution < 1.29 is 4.79 Å². The number of nitrogens with zero attached hydrogens (tertiary/aromatic N) is 1. The Bertz CT molecular complexity index is 366. The summed E-state index contributed by atoms with van der Waals surface area (Å²) in [6.07, 6.45) is 6.32. The highest BCUT2D eigenvalue weighted by atomic mass is 16.2. The van der Waals surface area contributed by atoms with Gasteiger partial charge in [0.05, 0.1) is 6.04 Å². The molecular weight excluding hydrogens is 236 g/mol. The van der Waals surface area contributed by atoms with Crippen LogP contribution in [-0.2, 0) is 4.79 Å². The zero-order valence-corrected chi connectivity index (χ0v) is 12.6. The van der Waals surface area contributed by atoms with Gasteiger partial charge in [-0.1, -0.05) is 13.8 Å². The smallest absolute Gasteiger partial charge is 0.239 e. The first-order chi connectivity index (χ1) is 9.00. The van der Waals surface area contributed by atoms with Gasteiger partial charge in [0.1, 0.15) is 0 Å². The summed E-state index contributed by atoms with van der Waals surface area (Å²) in [6, 6.07) is 0.0400. The summed E-state index contributed by atoms with van der Waals surface area (Å²) in [6.45, 7) is 6.57. The zero-order chi connectivity index (χ0) is 13.6. The molecule has 0 aromatic rings. The molecule has 0 radical (unpaired) electrons. The number of likely N-dealkylation sites (N-methyl/N-ethyl adjacent to an activating group) is 1. The molecule has 19 heavy (non-hydrogen) atoms. The number of nitrogens with one attached hydrogen (secondary N) is 1. The Hall–Kier alpha value is -0.570. The molecule has 3 heteroatoms. The van der Waals surface area contributed by atoms with Crippen LogP contribution in [0.4, 0.5) is 0 Å². The molecular formula is C16H28N2O. The summed E-state index contributed by atoms with van der Waals surface area (Å²) in [5, 5.41) is 3.22. The fraction of sp³-hybridized carbons (Fsp3) is 0.938. The Kier molecular flexibility index (Phi) is 3.36. The molecule has 3 nitrogen and oxygen atoms in total. The second-order valence-electron chi connectivity index (χ2n) is 7.76. The topological polar surface area (TPSA) is 32.3 Å². The molecule has 4 atom stereocenters. The van der Waals surface area contributed by atoms with E-state index in [0.717, 1.165) is 43.7 Å². The molecule has 0 aromatic heterocycles. The van der Waals surface area contributed by atoms with E-state index in [1.54, 1.807) is 0 Å². The fourth-order valence-electron chi connectivity index (χ4n) is 4.31. The van der Waals surface area contributed by atoms with Crippen LogP contribution < -0.4 is 5.32 Å². The van der Waals surface area contributed by atoms with Gasteiger partial charge in [0.2, 0.25) is 5.91 Å². The lowest BCUT2D eigenvalue weighted by Crippen LogP contribution is -2.47. The van der Waals surface area contributed by atoms with Gasteiger partial charge in [0.25, 0.3) is 0 Å². The number of likely N-dealkylation sites (tertiary alicyclic amines) is 1. The monoisotopic (exact) mass is 264 g/mol. The minimum Gasteiger partial charge on any atom is -0.341 e. The lowest BCUT2D eigenvalue weighted by atomic mass is 9.87. The van der Waals surface area contributed by atoms with Crippen LogP contribution in [-0.4, -0.2) is 37.0 Å². The third-order valence-electron chi connectivity index (χ3n) is 5.63. The lowest BCUT2D eigenvalue weighted by molar-refractivity contribution is -0.134. The van der Waals surface area contributed by atoms with Crippen LogP contribution in [0.1, 0.15) is 46.0 Å². The van der Waals surface area contributed by atoms with Crippen LogP contribution in [0.3, 0.4) is 0 Å². The predicted octanol–water partition coefficient (Wildman–Crippen LogP) is 2.27. The van der Waals surface area contributed by atoms with Crippen LogP contribution in [0, 0.1) is 23.2 Å². The number of rotatable bonds is 3. The van der Waals surface area contributed by atoms with Crippen molar-refractivity contribution in [2.24, 2.45) is 23.2 Å². The van der Waals surface area contributed by atoms with Gasteiger partial charge in [0, 0.05) is 13.1 Å². The Morgan fingerprint density at radius 3 is 2.68 bits per heavy atom. The molecule has 3 rings (SSSR count). The molecule has 1 heterocycles. The second-order valence-corrected chi connectivity index (χ2v) is 7.76. The Morgan fingerprint density at radius 1 is 1.32 bits per heavy atom. The number of carbonyl (C=O) groups is 1. The van der Waals surface area contributed by atoms with Crippen LogP contribution in [0.25, 0.3) is 0 Å². The number of hydrogen-bond acceptors (Lipinski definition) is 2. The van der Waals surface area contributed by atoms with Crippen molar-refractivity contribution in [1.82, 2.24) is 10.2 Å². The molecule has 1 aliphatic heterocycles. The van der Waals surface area contributed by atoms with Gasteiger partial charge in [-0.3, -0.25) is 4.79 Å². The highest BCUT2D eigenvalue weighted by Gasteiger charge is 2.49. The van der Waals surface area contributed by atoms with E-state index in [-0.39, 0.29) is 11.5 Å². The molecule has 0 aromatic carbocycles.